The van der Waals surface area contributed by atoms with Crippen LogP contribution >= 0.6 is 0 Å². The number of hydrogen-bond acceptors (Lipinski definition) is 1. The standard InChI is InChI=1S/C8H16OSi/c1-3-5-7-10(9)8-6-4-2/h3-4,9-10H,1-2,5-8H2. The van der Waals surface area contributed by atoms with Gasteiger partial charge in [-0.2, -0.15) is 0 Å². The van der Waals surface area contributed by atoms with Gasteiger partial charge in [-0.1, -0.05) is 12.2 Å². The largest absolute Gasteiger partial charge is 0.435 e. The van der Waals surface area contributed by atoms with Gasteiger partial charge in [0.2, 0.25) is 0 Å². The molecule has 0 aromatic heterocycles. The van der Waals surface area contributed by atoms with E-state index in [9.17, 15) is 4.80 Å². The molecule has 0 fully saturated rings. The molecule has 0 radical (unpaired) electrons. The Balaban J connectivity index is 3.15. The van der Waals surface area contributed by atoms with E-state index in [1.54, 1.807) is 0 Å². The fourth-order valence-electron chi connectivity index (χ4n) is 0.765. The topological polar surface area (TPSA) is 20.2 Å². The first kappa shape index (κ1) is 9.66. The Kier molecular flexibility index (Phi) is 6.54. The predicted molar refractivity (Wildman–Crippen MR) is 48.6 cm³/mol. The summed E-state index contributed by atoms with van der Waals surface area (Å²) < 4.78 is 0. The summed E-state index contributed by atoms with van der Waals surface area (Å²) in [6.07, 6.45) is 5.66. The molecule has 0 aromatic rings. The quantitative estimate of drug-likeness (QED) is 0.460. The fourth-order valence-corrected chi connectivity index (χ4v) is 2.29. The molecule has 1 nitrogen and oxygen atoms in total. The summed E-state index contributed by atoms with van der Waals surface area (Å²) in [7, 11) is -1.38. The third-order valence-electron chi connectivity index (χ3n) is 1.41. The van der Waals surface area contributed by atoms with Crippen LogP contribution < -0.4 is 0 Å². The second-order valence-electron chi connectivity index (χ2n) is 2.39. The lowest BCUT2D eigenvalue weighted by Crippen LogP contribution is -2.09. The van der Waals surface area contributed by atoms with Crippen LogP contribution in [0.15, 0.2) is 25.3 Å². The van der Waals surface area contributed by atoms with Gasteiger partial charge in [0.05, 0.1) is 0 Å². The van der Waals surface area contributed by atoms with Crippen LogP contribution in [-0.2, 0) is 0 Å². The highest BCUT2D eigenvalue weighted by molar-refractivity contribution is 6.50. The van der Waals surface area contributed by atoms with Crippen molar-refractivity contribution in [3.05, 3.63) is 25.3 Å². The number of allylic oxidation sites excluding steroid dienone is 2. The van der Waals surface area contributed by atoms with Crippen molar-refractivity contribution < 1.29 is 4.80 Å². The molecule has 0 heterocycles. The Morgan fingerprint density at radius 3 is 1.80 bits per heavy atom. The second-order valence-corrected chi connectivity index (χ2v) is 4.85. The van der Waals surface area contributed by atoms with Gasteiger partial charge in [0, 0.05) is 0 Å². The zero-order valence-corrected chi connectivity index (χ0v) is 7.58. The average molecular weight is 156 g/mol. The van der Waals surface area contributed by atoms with Crippen LogP contribution in [0, 0.1) is 0 Å². The third-order valence-corrected chi connectivity index (χ3v) is 3.41. The van der Waals surface area contributed by atoms with Crippen molar-refractivity contribution in [2.75, 3.05) is 0 Å². The van der Waals surface area contributed by atoms with E-state index in [0.717, 1.165) is 24.9 Å². The Morgan fingerprint density at radius 1 is 1.10 bits per heavy atom. The van der Waals surface area contributed by atoms with Crippen molar-refractivity contribution in [3.8, 4) is 0 Å². The van der Waals surface area contributed by atoms with Crippen LogP contribution in [0.1, 0.15) is 12.8 Å². The molecule has 0 atom stereocenters. The molecule has 0 aromatic carbocycles. The lowest BCUT2D eigenvalue weighted by molar-refractivity contribution is 0.565. The number of rotatable bonds is 6. The maximum atomic E-state index is 9.35. The van der Waals surface area contributed by atoms with E-state index in [-0.39, 0.29) is 0 Å². The molecule has 2 heteroatoms. The van der Waals surface area contributed by atoms with Crippen LogP contribution in [0.25, 0.3) is 0 Å². The minimum atomic E-state index is -1.38. The van der Waals surface area contributed by atoms with Crippen LogP contribution in [0.2, 0.25) is 12.1 Å². The van der Waals surface area contributed by atoms with Gasteiger partial charge >= 0.3 is 0 Å². The summed E-state index contributed by atoms with van der Waals surface area (Å²) in [5.74, 6) is 0. The highest BCUT2D eigenvalue weighted by Gasteiger charge is 2.02. The van der Waals surface area contributed by atoms with Crippen molar-refractivity contribution >= 4 is 9.04 Å². The highest BCUT2D eigenvalue weighted by Crippen LogP contribution is 2.03. The Labute approximate surface area is 64.8 Å². The summed E-state index contributed by atoms with van der Waals surface area (Å²) >= 11 is 0. The highest BCUT2D eigenvalue weighted by atomic mass is 28.3. The Hall–Kier alpha value is -0.343. The number of hydrogen-bond donors (Lipinski definition) is 1. The SMILES string of the molecule is C=CCC[SiH](O)CCC=C. The summed E-state index contributed by atoms with van der Waals surface area (Å²) in [6, 6.07) is 1.94. The van der Waals surface area contributed by atoms with Crippen LogP contribution in [0.5, 0.6) is 0 Å². The van der Waals surface area contributed by atoms with E-state index in [2.05, 4.69) is 13.2 Å². The van der Waals surface area contributed by atoms with Crippen molar-refractivity contribution in [2.45, 2.75) is 24.9 Å². The van der Waals surface area contributed by atoms with Gasteiger partial charge in [-0.25, -0.2) is 0 Å². The maximum Gasteiger partial charge on any atom is 0.173 e. The molecule has 58 valence electrons. The molecule has 0 aliphatic rings. The minimum Gasteiger partial charge on any atom is -0.435 e. The predicted octanol–water partition coefficient (Wildman–Crippen LogP) is 1.85. The van der Waals surface area contributed by atoms with Crippen LogP contribution in [-0.4, -0.2) is 13.8 Å². The lowest BCUT2D eigenvalue weighted by Gasteiger charge is -2.02. The Morgan fingerprint density at radius 2 is 1.50 bits per heavy atom. The molecule has 0 unspecified atom stereocenters. The molecule has 0 rings (SSSR count). The first-order valence-corrected chi connectivity index (χ1v) is 5.86. The molecule has 0 bridgehead atoms. The average Bonchev–Trinajstić information content (AvgIpc) is 1.97. The van der Waals surface area contributed by atoms with Crippen molar-refractivity contribution in [1.82, 2.24) is 0 Å². The zero-order chi connectivity index (χ0) is 7.82. The van der Waals surface area contributed by atoms with Gasteiger partial charge in [-0.3, -0.25) is 0 Å². The molecule has 0 saturated carbocycles. The molecule has 0 saturated heterocycles. The molecule has 0 aliphatic carbocycles. The van der Waals surface area contributed by atoms with Crippen LogP contribution in [0.3, 0.4) is 0 Å². The fraction of sp³-hybridized carbons (Fsp3) is 0.500. The monoisotopic (exact) mass is 156 g/mol. The maximum absolute atomic E-state index is 9.35. The van der Waals surface area contributed by atoms with Gasteiger partial charge in [0.15, 0.2) is 9.04 Å². The molecule has 0 aliphatic heterocycles. The van der Waals surface area contributed by atoms with E-state index < -0.39 is 9.04 Å². The summed E-state index contributed by atoms with van der Waals surface area (Å²) in [5.41, 5.74) is 0. The van der Waals surface area contributed by atoms with E-state index in [4.69, 9.17) is 0 Å². The molecule has 0 amide bonds. The third kappa shape index (κ3) is 5.79. The first-order chi connectivity index (χ1) is 4.81. The van der Waals surface area contributed by atoms with Crippen molar-refractivity contribution in [3.63, 3.8) is 0 Å². The second kappa shape index (κ2) is 6.77. The van der Waals surface area contributed by atoms with Crippen molar-refractivity contribution in [1.29, 1.82) is 0 Å². The van der Waals surface area contributed by atoms with Crippen molar-refractivity contribution in [2.24, 2.45) is 0 Å². The smallest absolute Gasteiger partial charge is 0.173 e. The van der Waals surface area contributed by atoms with Gasteiger partial charge in [-0.05, 0) is 24.9 Å². The normalized spacial score (nSPS) is 9.80. The molecule has 10 heavy (non-hydrogen) atoms. The van der Waals surface area contributed by atoms with Gasteiger partial charge in [-0.15, -0.1) is 13.2 Å². The summed E-state index contributed by atoms with van der Waals surface area (Å²) in [6.45, 7) is 7.21. The van der Waals surface area contributed by atoms with Gasteiger partial charge < -0.3 is 4.80 Å². The zero-order valence-electron chi connectivity index (χ0n) is 6.42. The first-order valence-electron chi connectivity index (χ1n) is 3.71. The van der Waals surface area contributed by atoms with Gasteiger partial charge in [0.25, 0.3) is 0 Å². The minimum absolute atomic E-state index is 0.963. The molecule has 1 N–H and O–H groups in total. The summed E-state index contributed by atoms with van der Waals surface area (Å²) in [5, 5.41) is 0. The van der Waals surface area contributed by atoms with E-state index in [1.807, 2.05) is 12.2 Å². The van der Waals surface area contributed by atoms with E-state index in [1.165, 1.54) is 0 Å². The van der Waals surface area contributed by atoms with E-state index >= 15 is 0 Å². The Bertz CT molecular complexity index is 89.4. The van der Waals surface area contributed by atoms with E-state index in [0.29, 0.717) is 0 Å². The summed E-state index contributed by atoms with van der Waals surface area (Å²) in [4.78, 5) is 9.35. The molecular formula is C8H16OSi. The van der Waals surface area contributed by atoms with Crippen LogP contribution in [0.4, 0.5) is 0 Å². The lowest BCUT2D eigenvalue weighted by atomic mass is 10.5. The molecular weight excluding hydrogens is 140 g/mol. The molecule has 0 spiro atoms. The van der Waals surface area contributed by atoms with Gasteiger partial charge in [0.1, 0.15) is 0 Å².